The predicted octanol–water partition coefficient (Wildman–Crippen LogP) is 2.95. The number of hydrogen-bond donors (Lipinski definition) is 0. The van der Waals surface area contributed by atoms with Crippen LogP contribution in [-0.2, 0) is 9.57 Å². The Balaban J connectivity index is 3.22. The van der Waals surface area contributed by atoms with E-state index >= 15 is 0 Å². The largest absolute Gasteiger partial charge is 0.478 e. The van der Waals surface area contributed by atoms with Crippen molar-refractivity contribution in [1.29, 1.82) is 0 Å². The lowest BCUT2D eigenvalue weighted by Gasteiger charge is -2.07. The van der Waals surface area contributed by atoms with Crippen molar-refractivity contribution in [2.75, 3.05) is 14.2 Å². The van der Waals surface area contributed by atoms with Crippen LogP contribution in [0.1, 0.15) is 5.56 Å². The highest BCUT2D eigenvalue weighted by Gasteiger charge is 2.13. The standard InChI is InChI=1S/C9H9Cl2NO2/c1-13-9(12-14-2)8-6(10)4-3-5-7(8)11/h3-5H,1-2H3. The van der Waals surface area contributed by atoms with Crippen molar-refractivity contribution >= 4 is 29.1 Å². The van der Waals surface area contributed by atoms with Gasteiger partial charge in [0.2, 0.25) is 0 Å². The van der Waals surface area contributed by atoms with E-state index in [0.717, 1.165) is 0 Å². The molecule has 0 aromatic heterocycles. The summed E-state index contributed by atoms with van der Waals surface area (Å²) in [6.45, 7) is 0. The lowest BCUT2D eigenvalue weighted by atomic mass is 10.2. The number of hydrogen-bond acceptors (Lipinski definition) is 3. The predicted molar refractivity (Wildman–Crippen MR) is 57.0 cm³/mol. The molecule has 0 saturated heterocycles. The van der Waals surface area contributed by atoms with Gasteiger partial charge in [0, 0.05) is 0 Å². The second kappa shape index (κ2) is 5.08. The maximum Gasteiger partial charge on any atom is 0.260 e. The fourth-order valence-corrected chi connectivity index (χ4v) is 1.53. The van der Waals surface area contributed by atoms with Crippen LogP contribution in [0.4, 0.5) is 0 Å². The molecule has 0 unspecified atom stereocenters. The van der Waals surface area contributed by atoms with Crippen molar-refractivity contribution in [2.24, 2.45) is 5.16 Å². The second-order valence-corrected chi connectivity index (χ2v) is 3.19. The monoisotopic (exact) mass is 233 g/mol. The van der Waals surface area contributed by atoms with Crippen LogP contribution in [-0.4, -0.2) is 20.1 Å². The molecule has 1 aromatic rings. The zero-order valence-corrected chi connectivity index (χ0v) is 9.26. The van der Waals surface area contributed by atoms with Gasteiger partial charge in [0.15, 0.2) is 0 Å². The third kappa shape index (κ3) is 2.30. The van der Waals surface area contributed by atoms with Crippen molar-refractivity contribution in [3.63, 3.8) is 0 Å². The molecule has 0 amide bonds. The van der Waals surface area contributed by atoms with E-state index in [1.165, 1.54) is 14.2 Å². The topological polar surface area (TPSA) is 30.8 Å². The van der Waals surface area contributed by atoms with Crippen molar-refractivity contribution in [1.82, 2.24) is 0 Å². The minimum atomic E-state index is 0.253. The first-order valence-corrected chi connectivity index (χ1v) is 4.55. The number of rotatable bonds is 2. The highest BCUT2D eigenvalue weighted by molar-refractivity contribution is 6.39. The first-order valence-electron chi connectivity index (χ1n) is 3.80. The van der Waals surface area contributed by atoms with Crippen LogP contribution in [0.25, 0.3) is 0 Å². The maximum absolute atomic E-state index is 5.94. The van der Waals surface area contributed by atoms with Gasteiger partial charge < -0.3 is 9.57 Å². The molecule has 0 spiro atoms. The summed E-state index contributed by atoms with van der Waals surface area (Å²) < 4.78 is 4.99. The van der Waals surface area contributed by atoms with Gasteiger partial charge in [0.05, 0.1) is 22.7 Å². The van der Waals surface area contributed by atoms with Gasteiger partial charge >= 0.3 is 0 Å². The average molecular weight is 234 g/mol. The first-order chi connectivity index (χ1) is 6.70. The minimum Gasteiger partial charge on any atom is -0.478 e. The van der Waals surface area contributed by atoms with E-state index < -0.39 is 0 Å². The molecule has 76 valence electrons. The highest BCUT2D eigenvalue weighted by Crippen LogP contribution is 2.25. The molecule has 0 aliphatic carbocycles. The molecule has 3 nitrogen and oxygen atoms in total. The zero-order chi connectivity index (χ0) is 10.6. The second-order valence-electron chi connectivity index (χ2n) is 2.38. The summed E-state index contributed by atoms with van der Waals surface area (Å²) >= 11 is 11.9. The SMILES string of the molecule is CON=C(OC)c1c(Cl)cccc1Cl. The smallest absolute Gasteiger partial charge is 0.260 e. The molecule has 1 aromatic carbocycles. The Labute approximate surface area is 92.2 Å². The molecule has 0 atom stereocenters. The summed E-state index contributed by atoms with van der Waals surface area (Å²) in [6.07, 6.45) is 0. The maximum atomic E-state index is 5.94. The van der Waals surface area contributed by atoms with Gasteiger partial charge in [0.1, 0.15) is 7.11 Å². The Morgan fingerprint density at radius 2 is 1.79 bits per heavy atom. The van der Waals surface area contributed by atoms with Gasteiger partial charge in [-0.15, -0.1) is 0 Å². The van der Waals surface area contributed by atoms with Crippen LogP contribution >= 0.6 is 23.2 Å². The highest BCUT2D eigenvalue weighted by atomic mass is 35.5. The third-order valence-electron chi connectivity index (χ3n) is 1.54. The van der Waals surface area contributed by atoms with E-state index in [9.17, 15) is 0 Å². The van der Waals surface area contributed by atoms with Gasteiger partial charge in [-0.25, -0.2) is 0 Å². The molecule has 0 aliphatic rings. The van der Waals surface area contributed by atoms with E-state index in [-0.39, 0.29) is 5.90 Å². The normalized spacial score (nSPS) is 11.3. The van der Waals surface area contributed by atoms with Crippen LogP contribution in [0.15, 0.2) is 23.4 Å². The molecule has 1 rings (SSSR count). The summed E-state index contributed by atoms with van der Waals surface area (Å²) in [5.41, 5.74) is 0.528. The number of halogens is 2. The van der Waals surface area contributed by atoms with Gasteiger partial charge in [-0.2, -0.15) is 0 Å². The number of ether oxygens (including phenoxy) is 1. The van der Waals surface area contributed by atoms with Gasteiger partial charge in [-0.1, -0.05) is 29.3 Å². The Hall–Kier alpha value is -0.930. The van der Waals surface area contributed by atoms with Crippen LogP contribution in [0.3, 0.4) is 0 Å². The lowest BCUT2D eigenvalue weighted by molar-refractivity contribution is 0.200. The Morgan fingerprint density at radius 3 is 2.21 bits per heavy atom. The quantitative estimate of drug-likeness (QED) is 0.447. The van der Waals surface area contributed by atoms with Crippen LogP contribution < -0.4 is 0 Å². The molecule has 5 heteroatoms. The summed E-state index contributed by atoms with van der Waals surface area (Å²) in [5.74, 6) is 0.253. The van der Waals surface area contributed by atoms with Crippen LogP contribution in [0, 0.1) is 0 Å². The summed E-state index contributed by atoms with van der Waals surface area (Å²) in [7, 11) is 2.89. The summed E-state index contributed by atoms with van der Waals surface area (Å²) in [4.78, 5) is 4.60. The molecule has 0 radical (unpaired) electrons. The Bertz CT molecular complexity index is 332. The Kier molecular flexibility index (Phi) is 4.04. The van der Waals surface area contributed by atoms with E-state index in [0.29, 0.717) is 15.6 Å². The Morgan fingerprint density at radius 1 is 1.21 bits per heavy atom. The molecule has 0 fully saturated rings. The van der Waals surface area contributed by atoms with E-state index in [4.69, 9.17) is 27.9 Å². The molecular formula is C9H9Cl2NO2. The van der Waals surface area contributed by atoms with Gasteiger partial charge in [0.25, 0.3) is 5.90 Å². The average Bonchev–Trinajstić information content (AvgIpc) is 2.16. The number of benzene rings is 1. The zero-order valence-electron chi connectivity index (χ0n) is 7.75. The number of nitrogens with zero attached hydrogens (tertiary/aromatic N) is 1. The van der Waals surface area contributed by atoms with Crippen molar-refractivity contribution in [2.45, 2.75) is 0 Å². The summed E-state index contributed by atoms with van der Waals surface area (Å²) in [5, 5.41) is 4.60. The molecule has 14 heavy (non-hydrogen) atoms. The number of oxime groups is 1. The van der Waals surface area contributed by atoms with E-state index in [1.54, 1.807) is 18.2 Å². The van der Waals surface area contributed by atoms with E-state index in [1.807, 2.05) is 0 Å². The van der Waals surface area contributed by atoms with Gasteiger partial charge in [-0.05, 0) is 17.3 Å². The summed E-state index contributed by atoms with van der Waals surface area (Å²) in [6, 6.07) is 5.15. The van der Waals surface area contributed by atoms with Crippen LogP contribution in [0.2, 0.25) is 10.0 Å². The molecule has 0 saturated carbocycles. The molecule has 0 aliphatic heterocycles. The fraction of sp³-hybridized carbons (Fsp3) is 0.222. The molecule has 0 N–H and O–H groups in total. The third-order valence-corrected chi connectivity index (χ3v) is 2.17. The molecule has 0 heterocycles. The first kappa shape index (κ1) is 11.1. The van der Waals surface area contributed by atoms with Crippen molar-refractivity contribution < 1.29 is 9.57 Å². The van der Waals surface area contributed by atoms with E-state index in [2.05, 4.69) is 9.99 Å². The van der Waals surface area contributed by atoms with Gasteiger partial charge in [-0.3, -0.25) is 0 Å². The van der Waals surface area contributed by atoms with Crippen molar-refractivity contribution in [3.05, 3.63) is 33.8 Å². The number of methoxy groups -OCH3 is 1. The molecule has 0 bridgehead atoms. The van der Waals surface area contributed by atoms with Crippen molar-refractivity contribution in [3.8, 4) is 0 Å². The molecular weight excluding hydrogens is 225 g/mol. The van der Waals surface area contributed by atoms with Crippen LogP contribution in [0.5, 0.6) is 0 Å². The fourth-order valence-electron chi connectivity index (χ4n) is 0.970. The lowest BCUT2D eigenvalue weighted by Crippen LogP contribution is -2.05. The minimum absolute atomic E-state index is 0.253.